The molecule has 0 aromatic carbocycles. The van der Waals surface area contributed by atoms with Crippen LogP contribution in [-0.4, -0.2) is 9.97 Å². The third-order valence-corrected chi connectivity index (χ3v) is 4.41. The predicted molar refractivity (Wildman–Crippen MR) is 70.8 cm³/mol. The van der Waals surface area contributed by atoms with Gasteiger partial charge in [0.2, 0.25) is 0 Å². The van der Waals surface area contributed by atoms with Crippen molar-refractivity contribution < 1.29 is 0 Å². The van der Waals surface area contributed by atoms with Gasteiger partial charge in [0.1, 0.15) is 10.7 Å². The van der Waals surface area contributed by atoms with Gasteiger partial charge >= 0.3 is 0 Å². The number of aryl methyl sites for hydroxylation is 2. The highest BCUT2D eigenvalue weighted by Gasteiger charge is 2.21. The summed E-state index contributed by atoms with van der Waals surface area (Å²) in [7, 11) is 0. The van der Waals surface area contributed by atoms with Crippen molar-refractivity contribution >= 4 is 21.6 Å². The zero-order valence-corrected chi connectivity index (χ0v) is 11.0. The van der Waals surface area contributed by atoms with E-state index in [2.05, 4.69) is 23.8 Å². The van der Waals surface area contributed by atoms with Crippen LogP contribution in [0.1, 0.15) is 36.5 Å². The van der Waals surface area contributed by atoms with Gasteiger partial charge < -0.3 is 4.98 Å². The number of aromatic amines is 1. The van der Waals surface area contributed by atoms with E-state index in [1.54, 1.807) is 11.3 Å². The van der Waals surface area contributed by atoms with Crippen molar-refractivity contribution in [2.45, 2.75) is 39.5 Å². The quantitative estimate of drug-likeness (QED) is 0.888. The predicted octanol–water partition coefficient (Wildman–Crippen LogP) is 2.67. The molecule has 0 saturated carbocycles. The summed E-state index contributed by atoms with van der Waals surface area (Å²) >= 11 is 1.71. The van der Waals surface area contributed by atoms with Crippen molar-refractivity contribution in [1.82, 2.24) is 9.97 Å². The second kappa shape index (κ2) is 3.95. The molecule has 0 amide bonds. The maximum absolute atomic E-state index is 12.1. The number of fused-ring (bicyclic) bond motifs is 3. The summed E-state index contributed by atoms with van der Waals surface area (Å²) in [4.78, 5) is 22.0. The van der Waals surface area contributed by atoms with Crippen LogP contribution in [0.2, 0.25) is 0 Å². The van der Waals surface area contributed by atoms with Crippen LogP contribution in [0.15, 0.2) is 4.79 Å². The Labute approximate surface area is 104 Å². The van der Waals surface area contributed by atoms with Crippen molar-refractivity contribution in [3.05, 3.63) is 26.6 Å². The van der Waals surface area contributed by atoms with Crippen molar-refractivity contribution in [2.24, 2.45) is 5.92 Å². The molecular weight excluding hydrogens is 232 g/mol. The fraction of sp³-hybridized carbons (Fsp3) is 0.538. The largest absolute Gasteiger partial charge is 0.310 e. The van der Waals surface area contributed by atoms with Gasteiger partial charge in [-0.1, -0.05) is 13.8 Å². The molecule has 0 radical (unpaired) electrons. The van der Waals surface area contributed by atoms with E-state index >= 15 is 0 Å². The van der Waals surface area contributed by atoms with Gasteiger partial charge in [0.25, 0.3) is 5.56 Å². The molecular formula is C13H16N2OS. The maximum Gasteiger partial charge on any atom is 0.259 e. The monoisotopic (exact) mass is 248 g/mol. The van der Waals surface area contributed by atoms with Gasteiger partial charge in [-0.05, 0) is 30.7 Å². The van der Waals surface area contributed by atoms with E-state index in [1.807, 2.05) is 0 Å². The van der Waals surface area contributed by atoms with E-state index in [0.717, 1.165) is 35.3 Å². The summed E-state index contributed by atoms with van der Waals surface area (Å²) < 4.78 is 0. The van der Waals surface area contributed by atoms with E-state index in [4.69, 9.17) is 0 Å². The molecule has 0 aliphatic heterocycles. The molecule has 0 unspecified atom stereocenters. The Bertz CT molecular complexity index is 624. The molecule has 17 heavy (non-hydrogen) atoms. The number of aromatic nitrogens is 2. The van der Waals surface area contributed by atoms with Gasteiger partial charge in [-0.3, -0.25) is 4.79 Å². The molecule has 3 rings (SSSR count). The minimum absolute atomic E-state index is 0.0602. The second-order valence-corrected chi connectivity index (χ2v) is 6.23. The van der Waals surface area contributed by atoms with Gasteiger partial charge in [0, 0.05) is 11.3 Å². The highest BCUT2D eigenvalue weighted by molar-refractivity contribution is 7.18. The molecule has 2 aromatic heterocycles. The molecule has 0 spiro atoms. The molecule has 3 nitrogen and oxygen atoms in total. The van der Waals surface area contributed by atoms with Gasteiger partial charge in [0.05, 0.1) is 5.39 Å². The number of hydrogen-bond donors (Lipinski definition) is 1. The average Bonchev–Trinajstić information content (AvgIpc) is 2.74. The van der Waals surface area contributed by atoms with Crippen molar-refractivity contribution in [3.8, 4) is 0 Å². The Morgan fingerprint density at radius 3 is 3.00 bits per heavy atom. The normalized spacial score (nSPS) is 14.8. The van der Waals surface area contributed by atoms with E-state index in [1.165, 1.54) is 16.9 Å². The van der Waals surface area contributed by atoms with Gasteiger partial charge in [0.15, 0.2) is 0 Å². The Hall–Kier alpha value is -1.16. The molecule has 1 N–H and O–H groups in total. The zero-order chi connectivity index (χ0) is 12.0. The molecule has 2 aromatic rings. The molecule has 90 valence electrons. The number of thiophene rings is 1. The number of hydrogen-bond acceptors (Lipinski definition) is 3. The van der Waals surface area contributed by atoms with Gasteiger partial charge in [-0.25, -0.2) is 4.98 Å². The SMILES string of the molecule is CC(C)Cc1nc2sc3c(c2c(=O)[nH]1)CCC3. The van der Waals surface area contributed by atoms with E-state index in [9.17, 15) is 4.79 Å². The summed E-state index contributed by atoms with van der Waals surface area (Å²) in [6, 6.07) is 0. The van der Waals surface area contributed by atoms with E-state index in [-0.39, 0.29) is 5.56 Å². The van der Waals surface area contributed by atoms with Crippen LogP contribution in [0.25, 0.3) is 10.2 Å². The summed E-state index contributed by atoms with van der Waals surface area (Å²) in [6.07, 6.45) is 4.19. The summed E-state index contributed by atoms with van der Waals surface area (Å²) in [6.45, 7) is 4.27. The Balaban J connectivity index is 2.18. The first-order valence-electron chi connectivity index (χ1n) is 6.18. The maximum atomic E-state index is 12.1. The van der Waals surface area contributed by atoms with Gasteiger partial charge in [-0.15, -0.1) is 11.3 Å². The van der Waals surface area contributed by atoms with Crippen LogP contribution < -0.4 is 5.56 Å². The lowest BCUT2D eigenvalue weighted by Crippen LogP contribution is -2.13. The zero-order valence-electron chi connectivity index (χ0n) is 10.2. The van der Waals surface area contributed by atoms with Crippen molar-refractivity contribution in [1.29, 1.82) is 0 Å². The average molecular weight is 248 g/mol. The van der Waals surface area contributed by atoms with Crippen molar-refractivity contribution in [2.75, 3.05) is 0 Å². The van der Waals surface area contributed by atoms with Crippen LogP contribution in [-0.2, 0) is 19.3 Å². The second-order valence-electron chi connectivity index (χ2n) is 5.15. The topological polar surface area (TPSA) is 45.8 Å². The van der Waals surface area contributed by atoms with E-state index < -0.39 is 0 Å². The first-order valence-corrected chi connectivity index (χ1v) is 7.00. The van der Waals surface area contributed by atoms with Crippen LogP contribution in [0.3, 0.4) is 0 Å². The van der Waals surface area contributed by atoms with Crippen LogP contribution >= 0.6 is 11.3 Å². The summed E-state index contributed by atoms with van der Waals surface area (Å²) in [5.41, 5.74) is 1.32. The molecule has 1 aliphatic carbocycles. The van der Waals surface area contributed by atoms with Crippen molar-refractivity contribution in [3.63, 3.8) is 0 Å². The lowest BCUT2D eigenvalue weighted by molar-refractivity contribution is 0.621. The summed E-state index contributed by atoms with van der Waals surface area (Å²) in [5.74, 6) is 1.35. The fourth-order valence-corrected chi connectivity index (χ4v) is 3.81. The number of nitrogens with one attached hydrogen (secondary N) is 1. The molecule has 4 heteroatoms. The lowest BCUT2D eigenvalue weighted by atomic mass is 10.1. The van der Waals surface area contributed by atoms with E-state index in [0.29, 0.717) is 5.92 Å². The third kappa shape index (κ3) is 1.80. The third-order valence-electron chi connectivity index (χ3n) is 3.23. The molecule has 0 bridgehead atoms. The van der Waals surface area contributed by atoms with Crippen LogP contribution in [0, 0.1) is 5.92 Å². The molecule has 0 fully saturated rings. The number of H-pyrrole nitrogens is 1. The highest BCUT2D eigenvalue weighted by Crippen LogP contribution is 2.34. The Morgan fingerprint density at radius 1 is 1.41 bits per heavy atom. The smallest absolute Gasteiger partial charge is 0.259 e. The van der Waals surface area contributed by atoms with Crippen LogP contribution in [0.4, 0.5) is 0 Å². The first kappa shape index (κ1) is 11.0. The molecule has 1 aliphatic rings. The molecule has 2 heterocycles. The lowest BCUT2D eigenvalue weighted by Gasteiger charge is -2.03. The van der Waals surface area contributed by atoms with Gasteiger partial charge in [-0.2, -0.15) is 0 Å². The minimum atomic E-state index is 0.0602. The fourth-order valence-electron chi connectivity index (χ4n) is 2.53. The number of rotatable bonds is 2. The number of nitrogens with zero attached hydrogens (tertiary/aromatic N) is 1. The Morgan fingerprint density at radius 2 is 2.24 bits per heavy atom. The van der Waals surface area contributed by atoms with Crippen LogP contribution in [0.5, 0.6) is 0 Å². The highest BCUT2D eigenvalue weighted by atomic mass is 32.1. The molecule has 0 saturated heterocycles. The summed E-state index contributed by atoms with van der Waals surface area (Å²) in [5, 5.41) is 0.856. The molecule has 0 atom stereocenters. The Kier molecular flexibility index (Phi) is 2.54. The first-order chi connectivity index (χ1) is 8.15. The minimum Gasteiger partial charge on any atom is -0.310 e. The standard InChI is InChI=1S/C13H16N2OS/c1-7(2)6-10-14-12(16)11-8-4-3-5-9(8)17-13(11)15-10/h7H,3-6H2,1-2H3,(H,14,15,16).